The second-order valence-electron chi connectivity index (χ2n) is 4.75. The molecule has 5 nitrogen and oxygen atoms in total. The zero-order valence-electron chi connectivity index (χ0n) is 11.8. The number of aromatic nitrogens is 1. The maximum absolute atomic E-state index is 12.1. The highest BCUT2D eigenvalue weighted by atomic mass is 16.5. The molecule has 20 heavy (non-hydrogen) atoms. The molecule has 0 aliphatic heterocycles. The van der Waals surface area contributed by atoms with E-state index in [0.717, 1.165) is 16.7 Å². The highest BCUT2D eigenvalue weighted by Crippen LogP contribution is 2.21. The van der Waals surface area contributed by atoms with Crippen molar-refractivity contribution in [2.75, 3.05) is 13.2 Å². The molecule has 0 aliphatic carbocycles. The molecule has 0 saturated carbocycles. The smallest absolute Gasteiger partial charge is 0.267 e. The Balaban J connectivity index is 2.16. The summed E-state index contributed by atoms with van der Waals surface area (Å²) in [5, 5.41) is 12.6. The van der Waals surface area contributed by atoms with Gasteiger partial charge in [0.25, 0.3) is 5.91 Å². The van der Waals surface area contributed by atoms with Crippen LogP contribution >= 0.6 is 0 Å². The number of carbonyl (C=O) groups is 1. The molecule has 0 radical (unpaired) electrons. The molecule has 1 aromatic heterocycles. The van der Waals surface area contributed by atoms with Crippen LogP contribution in [0.1, 0.15) is 30.8 Å². The third kappa shape index (κ3) is 3.30. The molecule has 2 rings (SSSR count). The number of nitrogens with one attached hydrogen (secondary N) is 2. The monoisotopic (exact) mass is 276 g/mol. The summed E-state index contributed by atoms with van der Waals surface area (Å²) >= 11 is 0. The van der Waals surface area contributed by atoms with Crippen molar-refractivity contribution in [2.45, 2.75) is 26.3 Å². The molecule has 1 atom stereocenters. The lowest BCUT2D eigenvalue weighted by molar-refractivity contribution is 0.0930. The lowest BCUT2D eigenvalue weighted by atomic mass is 10.2. The highest BCUT2D eigenvalue weighted by Gasteiger charge is 2.12. The highest BCUT2D eigenvalue weighted by molar-refractivity contribution is 5.98. The molecule has 108 valence electrons. The van der Waals surface area contributed by atoms with E-state index in [0.29, 0.717) is 18.7 Å². The van der Waals surface area contributed by atoms with Crippen molar-refractivity contribution in [3.63, 3.8) is 0 Å². The van der Waals surface area contributed by atoms with Gasteiger partial charge in [0.1, 0.15) is 11.4 Å². The van der Waals surface area contributed by atoms with Gasteiger partial charge >= 0.3 is 0 Å². The third-order valence-corrected chi connectivity index (χ3v) is 3.09. The van der Waals surface area contributed by atoms with Gasteiger partial charge < -0.3 is 20.1 Å². The van der Waals surface area contributed by atoms with Crippen LogP contribution in [0.5, 0.6) is 5.75 Å². The first kappa shape index (κ1) is 14.4. The summed E-state index contributed by atoms with van der Waals surface area (Å²) < 4.78 is 5.43. The number of hydrogen-bond acceptors (Lipinski definition) is 3. The zero-order chi connectivity index (χ0) is 14.5. The lowest BCUT2D eigenvalue weighted by Crippen LogP contribution is -2.33. The van der Waals surface area contributed by atoms with E-state index in [9.17, 15) is 4.79 Å². The van der Waals surface area contributed by atoms with E-state index < -0.39 is 0 Å². The van der Waals surface area contributed by atoms with Crippen molar-refractivity contribution in [3.05, 3.63) is 30.0 Å². The average Bonchev–Trinajstić information content (AvgIpc) is 2.82. The van der Waals surface area contributed by atoms with E-state index in [1.54, 1.807) is 0 Å². The number of carbonyl (C=O) groups excluding carboxylic acids is 1. The number of amides is 1. The van der Waals surface area contributed by atoms with Gasteiger partial charge in [0.2, 0.25) is 0 Å². The Kier molecular flexibility index (Phi) is 4.63. The molecule has 1 amide bonds. The van der Waals surface area contributed by atoms with Crippen LogP contribution in [0.25, 0.3) is 10.9 Å². The van der Waals surface area contributed by atoms with E-state index in [1.165, 1.54) is 0 Å². The summed E-state index contributed by atoms with van der Waals surface area (Å²) in [7, 11) is 0. The number of aliphatic hydroxyl groups excluding tert-OH is 1. The van der Waals surface area contributed by atoms with Gasteiger partial charge in [-0.1, -0.05) is 0 Å². The summed E-state index contributed by atoms with van der Waals surface area (Å²) in [5.74, 6) is 0.613. The fourth-order valence-electron chi connectivity index (χ4n) is 2.05. The van der Waals surface area contributed by atoms with Crippen LogP contribution < -0.4 is 10.1 Å². The number of hydrogen-bond donors (Lipinski definition) is 3. The van der Waals surface area contributed by atoms with E-state index >= 15 is 0 Å². The molecule has 1 unspecified atom stereocenters. The van der Waals surface area contributed by atoms with Gasteiger partial charge in [0.15, 0.2) is 0 Å². The van der Waals surface area contributed by atoms with Gasteiger partial charge in [-0.05, 0) is 38.5 Å². The lowest BCUT2D eigenvalue weighted by Gasteiger charge is -2.11. The average molecular weight is 276 g/mol. The molecule has 1 heterocycles. The van der Waals surface area contributed by atoms with Crippen LogP contribution in [0, 0.1) is 0 Å². The summed E-state index contributed by atoms with van der Waals surface area (Å²) in [4.78, 5) is 15.1. The topological polar surface area (TPSA) is 74.3 Å². The maximum Gasteiger partial charge on any atom is 0.267 e. The van der Waals surface area contributed by atoms with Gasteiger partial charge in [-0.25, -0.2) is 0 Å². The Morgan fingerprint density at radius 2 is 2.25 bits per heavy atom. The van der Waals surface area contributed by atoms with Crippen molar-refractivity contribution in [2.24, 2.45) is 0 Å². The Morgan fingerprint density at radius 3 is 2.95 bits per heavy atom. The molecule has 3 N–H and O–H groups in total. The summed E-state index contributed by atoms with van der Waals surface area (Å²) in [6.45, 7) is 4.47. The van der Waals surface area contributed by atoms with E-state index in [2.05, 4.69) is 10.3 Å². The first-order chi connectivity index (χ1) is 9.63. The van der Waals surface area contributed by atoms with Crippen LogP contribution in [-0.2, 0) is 0 Å². The summed E-state index contributed by atoms with van der Waals surface area (Å²) in [6.07, 6.45) is 0.542. The van der Waals surface area contributed by atoms with Crippen LogP contribution in [-0.4, -0.2) is 35.3 Å². The van der Waals surface area contributed by atoms with Gasteiger partial charge in [0.05, 0.1) is 6.61 Å². The molecule has 0 aliphatic rings. The summed E-state index contributed by atoms with van der Waals surface area (Å²) in [5.41, 5.74) is 1.38. The second kappa shape index (κ2) is 6.43. The quantitative estimate of drug-likeness (QED) is 0.756. The molecular weight excluding hydrogens is 256 g/mol. The van der Waals surface area contributed by atoms with Crippen molar-refractivity contribution in [1.29, 1.82) is 0 Å². The van der Waals surface area contributed by atoms with E-state index in [4.69, 9.17) is 9.84 Å². The molecule has 2 aromatic rings. The number of aromatic amines is 1. The first-order valence-electron chi connectivity index (χ1n) is 6.81. The molecule has 0 bridgehead atoms. The normalized spacial score (nSPS) is 12.3. The largest absolute Gasteiger partial charge is 0.494 e. The minimum atomic E-state index is -0.167. The zero-order valence-corrected chi connectivity index (χ0v) is 11.8. The van der Waals surface area contributed by atoms with Crippen LogP contribution in [0.4, 0.5) is 0 Å². The molecule has 5 heteroatoms. The predicted octanol–water partition coefficient (Wildman–Crippen LogP) is 2.07. The second-order valence-corrected chi connectivity index (χ2v) is 4.75. The van der Waals surface area contributed by atoms with Gasteiger partial charge in [0, 0.05) is 29.6 Å². The number of rotatable bonds is 6. The number of fused-ring (bicyclic) bond motifs is 1. The summed E-state index contributed by atoms with van der Waals surface area (Å²) in [6, 6.07) is 7.44. The molecule has 1 aromatic carbocycles. The fraction of sp³-hybridized carbons (Fsp3) is 0.400. The Hall–Kier alpha value is -2.01. The Bertz CT molecular complexity index is 592. The molecule has 0 spiro atoms. The van der Waals surface area contributed by atoms with E-state index in [1.807, 2.05) is 38.1 Å². The van der Waals surface area contributed by atoms with Crippen molar-refractivity contribution < 1.29 is 14.6 Å². The number of benzene rings is 1. The van der Waals surface area contributed by atoms with Crippen LogP contribution in [0.15, 0.2) is 24.3 Å². The number of H-pyrrole nitrogens is 1. The third-order valence-electron chi connectivity index (χ3n) is 3.09. The SMILES string of the molecule is CCOc1ccc2cc(C(=O)NC(C)CCO)[nH]c2c1. The Labute approximate surface area is 117 Å². The number of ether oxygens (including phenoxy) is 1. The minimum Gasteiger partial charge on any atom is -0.494 e. The molecule has 0 fully saturated rings. The van der Waals surface area contributed by atoms with Crippen molar-refractivity contribution in [3.8, 4) is 5.75 Å². The molecule has 0 saturated heterocycles. The van der Waals surface area contributed by atoms with Gasteiger partial charge in [-0.2, -0.15) is 0 Å². The Morgan fingerprint density at radius 1 is 1.45 bits per heavy atom. The predicted molar refractivity (Wildman–Crippen MR) is 78.1 cm³/mol. The standard InChI is InChI=1S/C15H20N2O3/c1-3-20-12-5-4-11-8-14(17-13(11)9-12)15(19)16-10(2)6-7-18/h4-5,8-10,17-18H,3,6-7H2,1-2H3,(H,16,19). The van der Waals surface area contributed by atoms with Crippen LogP contribution in [0.2, 0.25) is 0 Å². The van der Waals surface area contributed by atoms with E-state index in [-0.39, 0.29) is 18.6 Å². The van der Waals surface area contributed by atoms with Crippen molar-refractivity contribution in [1.82, 2.24) is 10.3 Å². The fourth-order valence-corrected chi connectivity index (χ4v) is 2.05. The minimum absolute atomic E-state index is 0.0575. The maximum atomic E-state index is 12.1. The van der Waals surface area contributed by atoms with Gasteiger partial charge in [-0.15, -0.1) is 0 Å². The number of aliphatic hydroxyl groups is 1. The van der Waals surface area contributed by atoms with Crippen molar-refractivity contribution >= 4 is 16.8 Å². The molecular formula is C15H20N2O3. The first-order valence-corrected chi connectivity index (χ1v) is 6.81. The van der Waals surface area contributed by atoms with Gasteiger partial charge in [-0.3, -0.25) is 4.79 Å². The van der Waals surface area contributed by atoms with Crippen LogP contribution in [0.3, 0.4) is 0 Å².